The molecule has 2 N–H and O–H groups in total. The summed E-state index contributed by atoms with van der Waals surface area (Å²) in [5.41, 5.74) is 1.19. The van der Waals surface area contributed by atoms with Gasteiger partial charge >= 0.3 is 0 Å². The molecule has 1 atom stereocenters. The Balaban J connectivity index is 1.88. The molecule has 0 spiro atoms. The van der Waals surface area contributed by atoms with Crippen molar-refractivity contribution in [1.29, 1.82) is 0 Å². The molecule has 1 aromatic rings. The Bertz CT molecular complexity index is 356. The molecule has 5 heteroatoms. The van der Waals surface area contributed by atoms with Crippen LogP contribution in [0.1, 0.15) is 12.5 Å². The predicted octanol–water partition coefficient (Wildman–Crippen LogP) is 0.706. The van der Waals surface area contributed by atoms with Crippen molar-refractivity contribution < 1.29 is 9.84 Å². The number of aliphatic hydroxyl groups excluding tert-OH is 1. The minimum atomic E-state index is -0.0484. The number of anilines is 1. The Labute approximate surface area is 108 Å². The first-order valence-corrected chi connectivity index (χ1v) is 6.45. The molecular weight excluding hydrogens is 230 g/mol. The first kappa shape index (κ1) is 13.3. The highest BCUT2D eigenvalue weighted by Gasteiger charge is 2.19. The summed E-state index contributed by atoms with van der Waals surface area (Å²) in [7, 11) is 0. The summed E-state index contributed by atoms with van der Waals surface area (Å²) in [6.45, 7) is 6.27. The van der Waals surface area contributed by atoms with Gasteiger partial charge in [-0.1, -0.05) is 6.07 Å². The zero-order chi connectivity index (χ0) is 12.8. The number of hydrogen-bond donors (Lipinski definition) is 2. The first-order valence-electron chi connectivity index (χ1n) is 6.45. The molecule has 18 heavy (non-hydrogen) atoms. The Morgan fingerprint density at radius 3 is 3.11 bits per heavy atom. The Kier molecular flexibility index (Phi) is 4.92. The van der Waals surface area contributed by atoms with E-state index >= 15 is 0 Å². The van der Waals surface area contributed by atoms with Crippen LogP contribution in [0.25, 0.3) is 0 Å². The van der Waals surface area contributed by atoms with Gasteiger partial charge in [0.05, 0.1) is 19.3 Å². The highest BCUT2D eigenvalue weighted by molar-refractivity contribution is 5.35. The largest absolute Gasteiger partial charge is 0.394 e. The molecule has 1 aliphatic rings. The lowest BCUT2D eigenvalue weighted by molar-refractivity contribution is -0.0551. The van der Waals surface area contributed by atoms with E-state index in [1.54, 1.807) is 0 Å². The van der Waals surface area contributed by atoms with E-state index in [2.05, 4.69) is 28.2 Å². The number of aliphatic hydroxyl groups is 1. The lowest BCUT2D eigenvalue weighted by Crippen LogP contribution is -2.43. The van der Waals surface area contributed by atoms with E-state index in [4.69, 9.17) is 9.84 Å². The average molecular weight is 251 g/mol. The molecule has 0 bridgehead atoms. The van der Waals surface area contributed by atoms with Crippen LogP contribution in [0, 0.1) is 0 Å². The Morgan fingerprint density at radius 1 is 1.56 bits per heavy atom. The van der Waals surface area contributed by atoms with Gasteiger partial charge in [-0.25, -0.2) is 4.98 Å². The van der Waals surface area contributed by atoms with Gasteiger partial charge in [-0.05, 0) is 18.6 Å². The van der Waals surface area contributed by atoms with E-state index in [1.807, 2.05) is 12.3 Å². The Morgan fingerprint density at radius 2 is 2.44 bits per heavy atom. The predicted molar refractivity (Wildman–Crippen MR) is 70.5 cm³/mol. The topological polar surface area (TPSA) is 57.6 Å². The van der Waals surface area contributed by atoms with Crippen molar-refractivity contribution in [2.45, 2.75) is 19.6 Å². The maximum Gasteiger partial charge on any atom is 0.125 e. The number of aromatic nitrogens is 1. The average Bonchev–Trinajstić information content (AvgIpc) is 2.42. The third-order valence-corrected chi connectivity index (χ3v) is 3.02. The monoisotopic (exact) mass is 251 g/mol. The third-order valence-electron chi connectivity index (χ3n) is 3.02. The molecule has 0 aliphatic carbocycles. The van der Waals surface area contributed by atoms with Gasteiger partial charge in [-0.15, -0.1) is 0 Å². The highest BCUT2D eigenvalue weighted by Crippen LogP contribution is 2.11. The lowest BCUT2D eigenvalue weighted by Gasteiger charge is -2.31. The number of morpholine rings is 1. The summed E-state index contributed by atoms with van der Waals surface area (Å²) in [5.74, 6) is 0.913. The molecule has 0 amide bonds. The molecule has 1 fully saturated rings. The van der Waals surface area contributed by atoms with Crippen molar-refractivity contribution in [3.05, 3.63) is 23.9 Å². The Hall–Kier alpha value is -1.17. The van der Waals surface area contributed by atoms with Crippen LogP contribution < -0.4 is 5.32 Å². The second kappa shape index (κ2) is 6.68. The fourth-order valence-electron chi connectivity index (χ4n) is 2.10. The van der Waals surface area contributed by atoms with Gasteiger partial charge in [0.1, 0.15) is 5.82 Å². The standard InChI is InChI=1S/C13H21N3O2/c1-2-14-13-4-3-11(7-15-13)8-16-5-6-18-12(9-16)10-17/h3-4,7,12,17H,2,5-6,8-10H2,1H3,(H,14,15). The molecule has 1 saturated heterocycles. The molecule has 1 aliphatic heterocycles. The van der Waals surface area contributed by atoms with Gasteiger partial charge in [0.2, 0.25) is 0 Å². The fraction of sp³-hybridized carbons (Fsp3) is 0.615. The summed E-state index contributed by atoms with van der Waals surface area (Å²) in [6.07, 6.45) is 1.86. The molecule has 1 aromatic heterocycles. The molecule has 2 rings (SSSR count). The number of nitrogens with one attached hydrogen (secondary N) is 1. The smallest absolute Gasteiger partial charge is 0.125 e. The second-order valence-corrected chi connectivity index (χ2v) is 4.49. The number of pyridine rings is 1. The molecule has 5 nitrogen and oxygen atoms in total. The molecule has 2 heterocycles. The lowest BCUT2D eigenvalue weighted by atomic mass is 10.2. The van der Waals surface area contributed by atoms with E-state index in [1.165, 1.54) is 5.56 Å². The van der Waals surface area contributed by atoms with Crippen molar-refractivity contribution in [3.63, 3.8) is 0 Å². The maximum atomic E-state index is 9.10. The van der Waals surface area contributed by atoms with Crippen molar-refractivity contribution in [1.82, 2.24) is 9.88 Å². The van der Waals surface area contributed by atoms with Crippen LogP contribution in [0.15, 0.2) is 18.3 Å². The normalized spacial score (nSPS) is 20.9. The third kappa shape index (κ3) is 3.66. The summed E-state index contributed by atoms with van der Waals surface area (Å²) in [5, 5.41) is 12.3. The molecule has 100 valence electrons. The van der Waals surface area contributed by atoms with E-state index in [9.17, 15) is 0 Å². The molecular formula is C13H21N3O2. The van der Waals surface area contributed by atoms with Crippen molar-refractivity contribution in [3.8, 4) is 0 Å². The quantitative estimate of drug-likeness (QED) is 0.807. The maximum absolute atomic E-state index is 9.10. The number of nitrogens with zero attached hydrogens (tertiary/aromatic N) is 2. The van der Waals surface area contributed by atoms with Crippen LogP contribution in [-0.4, -0.2) is 53.9 Å². The molecule has 0 aromatic carbocycles. The minimum Gasteiger partial charge on any atom is -0.394 e. The summed E-state index contributed by atoms with van der Waals surface area (Å²) in [6, 6.07) is 4.09. The van der Waals surface area contributed by atoms with E-state index in [0.717, 1.165) is 32.0 Å². The van der Waals surface area contributed by atoms with E-state index in [0.29, 0.717) is 6.61 Å². The molecule has 1 unspecified atom stereocenters. The van der Waals surface area contributed by atoms with Gasteiger partial charge in [0.25, 0.3) is 0 Å². The van der Waals surface area contributed by atoms with Gasteiger partial charge in [0, 0.05) is 32.4 Å². The van der Waals surface area contributed by atoms with E-state index < -0.39 is 0 Å². The molecule has 0 saturated carbocycles. The highest BCUT2D eigenvalue weighted by atomic mass is 16.5. The van der Waals surface area contributed by atoms with E-state index in [-0.39, 0.29) is 12.7 Å². The van der Waals surface area contributed by atoms with Crippen molar-refractivity contribution in [2.24, 2.45) is 0 Å². The van der Waals surface area contributed by atoms with Gasteiger partial charge < -0.3 is 15.2 Å². The fourth-order valence-corrected chi connectivity index (χ4v) is 2.10. The first-order chi connectivity index (χ1) is 8.81. The van der Waals surface area contributed by atoms with Gasteiger partial charge in [0.15, 0.2) is 0 Å². The van der Waals surface area contributed by atoms with Crippen molar-refractivity contribution in [2.75, 3.05) is 38.2 Å². The van der Waals surface area contributed by atoms with Gasteiger partial charge in [-0.2, -0.15) is 0 Å². The number of ether oxygens (including phenoxy) is 1. The van der Waals surface area contributed by atoms with Crippen molar-refractivity contribution >= 4 is 5.82 Å². The number of rotatable bonds is 5. The SMILES string of the molecule is CCNc1ccc(CN2CCOC(CO)C2)cn1. The van der Waals surface area contributed by atoms with Crippen LogP contribution in [0.3, 0.4) is 0 Å². The summed E-state index contributed by atoms with van der Waals surface area (Å²) in [4.78, 5) is 6.64. The van der Waals surface area contributed by atoms with Crippen LogP contribution in [0.5, 0.6) is 0 Å². The summed E-state index contributed by atoms with van der Waals surface area (Å²) >= 11 is 0. The molecule has 0 radical (unpaired) electrons. The van der Waals surface area contributed by atoms with Crippen LogP contribution in [0.4, 0.5) is 5.82 Å². The van der Waals surface area contributed by atoms with Crippen LogP contribution in [-0.2, 0) is 11.3 Å². The second-order valence-electron chi connectivity index (χ2n) is 4.49. The zero-order valence-electron chi connectivity index (χ0n) is 10.8. The van der Waals surface area contributed by atoms with Crippen LogP contribution in [0.2, 0.25) is 0 Å². The summed E-state index contributed by atoms with van der Waals surface area (Å²) < 4.78 is 5.43. The van der Waals surface area contributed by atoms with Crippen LogP contribution >= 0.6 is 0 Å². The zero-order valence-corrected chi connectivity index (χ0v) is 10.8. The number of hydrogen-bond acceptors (Lipinski definition) is 5. The minimum absolute atomic E-state index is 0.0484. The van der Waals surface area contributed by atoms with Gasteiger partial charge in [-0.3, -0.25) is 4.90 Å².